The Labute approximate surface area is 123 Å². The Morgan fingerprint density at radius 3 is 2.55 bits per heavy atom. The van der Waals surface area contributed by atoms with Crippen molar-refractivity contribution in [2.45, 2.75) is 13.5 Å². The van der Waals surface area contributed by atoms with E-state index in [0.29, 0.717) is 17.3 Å². The molecule has 4 heteroatoms. The number of benzene rings is 1. The standard InChI is InChI=1S/C16H16ClNO2/c1-12-3-8-15(20-12)9-10-16(19)18(2)11-13-4-6-14(17)7-5-13/h3-10H,11H2,1-2H3/b10-9+. The summed E-state index contributed by atoms with van der Waals surface area (Å²) in [4.78, 5) is 13.6. The molecule has 104 valence electrons. The molecule has 1 heterocycles. The Hall–Kier alpha value is -2.00. The van der Waals surface area contributed by atoms with Crippen molar-refractivity contribution in [2.75, 3.05) is 7.05 Å². The van der Waals surface area contributed by atoms with Gasteiger partial charge in [0.15, 0.2) is 0 Å². The molecule has 0 N–H and O–H groups in total. The number of aryl methyl sites for hydroxylation is 1. The van der Waals surface area contributed by atoms with Crippen LogP contribution in [0.2, 0.25) is 5.02 Å². The maximum absolute atomic E-state index is 12.0. The first-order valence-corrected chi connectivity index (χ1v) is 6.66. The molecule has 2 rings (SSSR count). The normalized spacial score (nSPS) is 10.9. The Morgan fingerprint density at radius 2 is 1.95 bits per heavy atom. The fraction of sp³-hybridized carbons (Fsp3) is 0.188. The first-order valence-electron chi connectivity index (χ1n) is 6.28. The third kappa shape index (κ3) is 4.00. The number of nitrogens with zero attached hydrogens (tertiary/aromatic N) is 1. The highest BCUT2D eigenvalue weighted by Crippen LogP contribution is 2.12. The number of likely N-dealkylation sites (N-methyl/N-ethyl adjacent to an activating group) is 1. The van der Waals surface area contributed by atoms with Crippen LogP contribution in [0, 0.1) is 6.92 Å². The number of rotatable bonds is 4. The molecule has 2 aromatic rings. The summed E-state index contributed by atoms with van der Waals surface area (Å²) in [5, 5.41) is 0.691. The largest absolute Gasteiger partial charge is 0.462 e. The van der Waals surface area contributed by atoms with Crippen LogP contribution in [0.1, 0.15) is 17.1 Å². The number of carbonyl (C=O) groups is 1. The van der Waals surface area contributed by atoms with E-state index in [1.165, 1.54) is 6.08 Å². The van der Waals surface area contributed by atoms with Crippen LogP contribution in [-0.2, 0) is 11.3 Å². The minimum atomic E-state index is -0.0750. The molecule has 3 nitrogen and oxygen atoms in total. The van der Waals surface area contributed by atoms with Gasteiger partial charge in [0, 0.05) is 24.7 Å². The second-order valence-corrected chi connectivity index (χ2v) is 5.04. The van der Waals surface area contributed by atoms with Crippen molar-refractivity contribution >= 4 is 23.6 Å². The van der Waals surface area contributed by atoms with E-state index in [-0.39, 0.29) is 5.91 Å². The van der Waals surface area contributed by atoms with Crippen LogP contribution < -0.4 is 0 Å². The number of carbonyl (C=O) groups excluding carboxylic acids is 1. The zero-order valence-corrected chi connectivity index (χ0v) is 12.2. The number of hydrogen-bond acceptors (Lipinski definition) is 2. The van der Waals surface area contributed by atoms with Gasteiger partial charge in [-0.3, -0.25) is 4.79 Å². The van der Waals surface area contributed by atoms with E-state index in [4.69, 9.17) is 16.0 Å². The maximum atomic E-state index is 12.0. The summed E-state index contributed by atoms with van der Waals surface area (Å²) >= 11 is 5.83. The fourth-order valence-electron chi connectivity index (χ4n) is 1.77. The Morgan fingerprint density at radius 1 is 1.25 bits per heavy atom. The molecule has 0 unspecified atom stereocenters. The lowest BCUT2D eigenvalue weighted by molar-refractivity contribution is -0.125. The quantitative estimate of drug-likeness (QED) is 0.800. The van der Waals surface area contributed by atoms with Crippen LogP contribution in [0.3, 0.4) is 0 Å². The predicted octanol–water partition coefficient (Wildman–Crippen LogP) is 3.91. The molecule has 0 fully saturated rings. The summed E-state index contributed by atoms with van der Waals surface area (Å²) in [6.07, 6.45) is 3.18. The Balaban J connectivity index is 1.95. The molecule has 0 aliphatic carbocycles. The van der Waals surface area contributed by atoms with Gasteiger partial charge in [-0.15, -0.1) is 0 Å². The van der Waals surface area contributed by atoms with Crippen LogP contribution >= 0.6 is 11.6 Å². The fourth-order valence-corrected chi connectivity index (χ4v) is 1.89. The first kappa shape index (κ1) is 14.4. The molecule has 0 radical (unpaired) electrons. The molecule has 0 aliphatic heterocycles. The van der Waals surface area contributed by atoms with E-state index >= 15 is 0 Å². The lowest BCUT2D eigenvalue weighted by atomic mass is 10.2. The van der Waals surface area contributed by atoms with E-state index in [2.05, 4.69) is 0 Å². The molecule has 0 atom stereocenters. The van der Waals surface area contributed by atoms with Gasteiger partial charge in [-0.05, 0) is 42.8 Å². The van der Waals surface area contributed by atoms with Crippen molar-refractivity contribution in [3.05, 3.63) is 64.6 Å². The summed E-state index contributed by atoms with van der Waals surface area (Å²) in [6, 6.07) is 11.1. The molecule has 1 aromatic heterocycles. The van der Waals surface area contributed by atoms with Crippen LogP contribution in [0.15, 0.2) is 46.9 Å². The number of furan rings is 1. The zero-order valence-electron chi connectivity index (χ0n) is 11.5. The second-order valence-electron chi connectivity index (χ2n) is 4.60. The number of hydrogen-bond donors (Lipinski definition) is 0. The van der Waals surface area contributed by atoms with Crippen molar-refractivity contribution in [1.29, 1.82) is 0 Å². The molecule has 0 saturated heterocycles. The van der Waals surface area contributed by atoms with E-state index < -0.39 is 0 Å². The van der Waals surface area contributed by atoms with Crippen molar-refractivity contribution in [3.8, 4) is 0 Å². The highest BCUT2D eigenvalue weighted by atomic mass is 35.5. The van der Waals surface area contributed by atoms with E-state index in [0.717, 1.165) is 11.3 Å². The summed E-state index contributed by atoms with van der Waals surface area (Å²) in [5.41, 5.74) is 1.03. The van der Waals surface area contributed by atoms with Gasteiger partial charge in [0.25, 0.3) is 0 Å². The van der Waals surface area contributed by atoms with Crippen LogP contribution in [0.5, 0.6) is 0 Å². The van der Waals surface area contributed by atoms with Crippen LogP contribution in [-0.4, -0.2) is 17.9 Å². The van der Waals surface area contributed by atoms with Crippen LogP contribution in [0.25, 0.3) is 6.08 Å². The van der Waals surface area contributed by atoms with Crippen molar-refractivity contribution in [1.82, 2.24) is 4.90 Å². The van der Waals surface area contributed by atoms with E-state index in [9.17, 15) is 4.79 Å². The van der Waals surface area contributed by atoms with Gasteiger partial charge in [0.05, 0.1) is 0 Å². The zero-order chi connectivity index (χ0) is 14.5. The molecule has 0 bridgehead atoms. The molecular weight excluding hydrogens is 274 g/mol. The smallest absolute Gasteiger partial charge is 0.246 e. The number of halogens is 1. The predicted molar refractivity (Wildman–Crippen MR) is 80.4 cm³/mol. The van der Waals surface area contributed by atoms with Crippen molar-refractivity contribution < 1.29 is 9.21 Å². The molecule has 0 spiro atoms. The van der Waals surface area contributed by atoms with Gasteiger partial charge in [-0.25, -0.2) is 0 Å². The summed E-state index contributed by atoms with van der Waals surface area (Å²) in [6.45, 7) is 2.41. The van der Waals surface area contributed by atoms with Crippen LogP contribution in [0.4, 0.5) is 0 Å². The maximum Gasteiger partial charge on any atom is 0.246 e. The van der Waals surface area contributed by atoms with E-state index in [1.54, 1.807) is 18.0 Å². The monoisotopic (exact) mass is 289 g/mol. The van der Waals surface area contributed by atoms with Gasteiger partial charge in [0.1, 0.15) is 11.5 Å². The third-order valence-electron chi connectivity index (χ3n) is 2.86. The molecule has 0 aliphatic rings. The van der Waals surface area contributed by atoms with Gasteiger partial charge in [-0.2, -0.15) is 0 Å². The molecular formula is C16H16ClNO2. The van der Waals surface area contributed by atoms with Gasteiger partial charge >= 0.3 is 0 Å². The Bertz CT molecular complexity index is 614. The lowest BCUT2D eigenvalue weighted by Crippen LogP contribution is -2.24. The average molecular weight is 290 g/mol. The highest BCUT2D eigenvalue weighted by molar-refractivity contribution is 6.30. The molecule has 1 amide bonds. The third-order valence-corrected chi connectivity index (χ3v) is 3.11. The second kappa shape index (κ2) is 6.44. The van der Waals surface area contributed by atoms with Gasteiger partial charge < -0.3 is 9.32 Å². The molecule has 1 aromatic carbocycles. The van der Waals surface area contributed by atoms with E-state index in [1.807, 2.05) is 43.3 Å². The number of amides is 1. The van der Waals surface area contributed by atoms with Gasteiger partial charge in [0.2, 0.25) is 5.91 Å². The van der Waals surface area contributed by atoms with Crippen molar-refractivity contribution in [3.63, 3.8) is 0 Å². The average Bonchev–Trinajstić information content (AvgIpc) is 2.84. The van der Waals surface area contributed by atoms with Crippen molar-refractivity contribution in [2.24, 2.45) is 0 Å². The minimum absolute atomic E-state index is 0.0750. The summed E-state index contributed by atoms with van der Waals surface area (Å²) < 4.78 is 5.37. The minimum Gasteiger partial charge on any atom is -0.462 e. The topological polar surface area (TPSA) is 33.5 Å². The SMILES string of the molecule is Cc1ccc(/C=C/C(=O)N(C)Cc2ccc(Cl)cc2)o1. The van der Waals surface area contributed by atoms with Gasteiger partial charge in [-0.1, -0.05) is 23.7 Å². The lowest BCUT2D eigenvalue weighted by Gasteiger charge is -2.15. The summed E-state index contributed by atoms with van der Waals surface area (Å²) in [5.74, 6) is 1.43. The summed E-state index contributed by atoms with van der Waals surface area (Å²) in [7, 11) is 1.76. The molecule has 0 saturated carbocycles. The first-order chi connectivity index (χ1) is 9.54. The Kier molecular flexibility index (Phi) is 4.64. The molecule has 20 heavy (non-hydrogen) atoms. The highest BCUT2D eigenvalue weighted by Gasteiger charge is 2.06.